The lowest BCUT2D eigenvalue weighted by Gasteiger charge is -2.35. The highest BCUT2D eigenvalue weighted by Gasteiger charge is 2.26. The predicted molar refractivity (Wildman–Crippen MR) is 116 cm³/mol. The first-order valence-corrected chi connectivity index (χ1v) is 11.5. The van der Waals surface area contributed by atoms with Crippen molar-refractivity contribution in [1.29, 1.82) is 0 Å². The molecule has 7 heteroatoms. The number of hydrogen-bond donors (Lipinski definition) is 1. The number of nitrogens with one attached hydrogen (secondary N) is 1. The van der Waals surface area contributed by atoms with Crippen molar-refractivity contribution in [2.75, 3.05) is 32.8 Å². The van der Waals surface area contributed by atoms with E-state index in [0.29, 0.717) is 18.2 Å². The Morgan fingerprint density at radius 1 is 0.966 bits per heavy atom. The molecule has 1 fully saturated rings. The fraction of sp³-hybridized carbons (Fsp3) is 0.273. The fourth-order valence-corrected chi connectivity index (χ4v) is 4.92. The van der Waals surface area contributed by atoms with E-state index in [4.69, 9.17) is 16.3 Å². The molecule has 1 N–H and O–H groups in total. The number of sulfonamides is 1. The van der Waals surface area contributed by atoms with Crippen LogP contribution in [0.5, 0.6) is 0 Å². The van der Waals surface area contributed by atoms with Crippen LogP contribution in [-0.2, 0) is 14.8 Å². The summed E-state index contributed by atoms with van der Waals surface area (Å²) in [5.41, 5.74) is 1.11. The molecule has 3 aromatic carbocycles. The monoisotopic (exact) mass is 430 g/mol. The molecule has 0 amide bonds. The van der Waals surface area contributed by atoms with Crippen LogP contribution in [0.25, 0.3) is 10.8 Å². The molecule has 29 heavy (non-hydrogen) atoms. The first-order chi connectivity index (χ1) is 14.0. The van der Waals surface area contributed by atoms with Gasteiger partial charge in [0, 0.05) is 30.7 Å². The molecule has 0 saturated carbocycles. The molecule has 5 nitrogen and oxygen atoms in total. The average molecular weight is 431 g/mol. The largest absolute Gasteiger partial charge is 0.379 e. The summed E-state index contributed by atoms with van der Waals surface area (Å²) in [6, 6.07) is 20.5. The van der Waals surface area contributed by atoms with Crippen molar-refractivity contribution >= 4 is 32.4 Å². The van der Waals surface area contributed by atoms with E-state index in [1.54, 1.807) is 12.1 Å². The lowest BCUT2D eigenvalue weighted by atomic mass is 9.97. The Balaban J connectivity index is 1.65. The molecule has 0 aromatic heterocycles. The summed E-state index contributed by atoms with van der Waals surface area (Å²) >= 11 is 5.89. The van der Waals surface area contributed by atoms with Gasteiger partial charge in [0.15, 0.2) is 0 Å². The first kappa shape index (κ1) is 20.3. The summed E-state index contributed by atoms with van der Waals surface area (Å²) in [5.74, 6) is 0. The van der Waals surface area contributed by atoms with Gasteiger partial charge in [0.2, 0.25) is 10.0 Å². The molecule has 4 rings (SSSR count). The number of halogens is 1. The summed E-state index contributed by atoms with van der Waals surface area (Å²) in [7, 11) is -3.64. The summed E-state index contributed by atoms with van der Waals surface area (Å²) in [4.78, 5) is 2.50. The zero-order valence-corrected chi connectivity index (χ0v) is 17.5. The van der Waals surface area contributed by atoms with E-state index in [0.717, 1.165) is 29.4 Å². The molecule has 1 aliphatic heterocycles. The lowest BCUT2D eigenvalue weighted by Crippen LogP contribution is -2.43. The standard InChI is InChI=1S/C22H23ClN2O3S/c23-18-8-10-19(11-9-18)29(26,27)24-16-22(25-12-14-28-15-13-25)21-7-3-5-17-4-1-2-6-20(17)21/h1-11,22,24H,12-16H2/t22-/m1/s1. The maximum absolute atomic E-state index is 12.8. The van der Waals surface area contributed by atoms with Gasteiger partial charge in [0.05, 0.1) is 18.1 Å². The maximum Gasteiger partial charge on any atom is 0.240 e. The third kappa shape index (κ3) is 4.63. The van der Waals surface area contributed by atoms with Crippen molar-refractivity contribution in [1.82, 2.24) is 9.62 Å². The number of rotatable bonds is 6. The van der Waals surface area contributed by atoms with Crippen LogP contribution in [0.15, 0.2) is 71.6 Å². The fourth-order valence-electron chi connectivity index (χ4n) is 3.75. The second-order valence-corrected chi connectivity index (χ2v) is 9.24. The Hall–Kier alpha value is -1.96. The maximum atomic E-state index is 12.8. The molecular formula is C22H23ClN2O3S. The van der Waals surface area contributed by atoms with Gasteiger partial charge in [-0.15, -0.1) is 0 Å². The van der Waals surface area contributed by atoms with Crippen LogP contribution in [0, 0.1) is 0 Å². The first-order valence-electron chi connectivity index (χ1n) is 9.59. The van der Waals surface area contributed by atoms with E-state index in [2.05, 4.69) is 33.9 Å². The van der Waals surface area contributed by atoms with Gasteiger partial charge in [-0.05, 0) is 40.6 Å². The molecule has 0 bridgehead atoms. The van der Waals surface area contributed by atoms with Crippen molar-refractivity contribution in [2.24, 2.45) is 0 Å². The van der Waals surface area contributed by atoms with Crippen LogP contribution in [0.3, 0.4) is 0 Å². The van der Waals surface area contributed by atoms with Gasteiger partial charge in [-0.2, -0.15) is 0 Å². The van der Waals surface area contributed by atoms with Gasteiger partial charge in [-0.25, -0.2) is 13.1 Å². The molecule has 0 aliphatic carbocycles. The van der Waals surface area contributed by atoms with Crippen molar-refractivity contribution in [2.45, 2.75) is 10.9 Å². The summed E-state index contributed by atoms with van der Waals surface area (Å²) in [6.45, 7) is 3.09. The highest BCUT2D eigenvalue weighted by molar-refractivity contribution is 7.89. The van der Waals surface area contributed by atoms with Gasteiger partial charge in [-0.1, -0.05) is 54.1 Å². The molecule has 1 atom stereocenters. The molecule has 0 unspecified atom stereocenters. The van der Waals surface area contributed by atoms with Crippen LogP contribution < -0.4 is 4.72 Å². The van der Waals surface area contributed by atoms with Crippen LogP contribution in [0.1, 0.15) is 11.6 Å². The molecular weight excluding hydrogens is 408 g/mol. The number of benzene rings is 3. The molecule has 152 valence electrons. The molecule has 0 spiro atoms. The SMILES string of the molecule is O=S(=O)(NC[C@H](c1cccc2ccccc12)N1CCOCC1)c1ccc(Cl)cc1. The number of hydrogen-bond acceptors (Lipinski definition) is 4. The number of morpholine rings is 1. The molecule has 0 radical (unpaired) electrons. The topological polar surface area (TPSA) is 58.6 Å². The minimum Gasteiger partial charge on any atom is -0.379 e. The normalized spacial score (nSPS) is 16.7. The van der Waals surface area contributed by atoms with Gasteiger partial charge < -0.3 is 4.74 Å². The third-order valence-corrected chi connectivity index (χ3v) is 6.95. The Morgan fingerprint density at radius 3 is 2.41 bits per heavy atom. The minimum absolute atomic E-state index is 0.0907. The third-order valence-electron chi connectivity index (χ3n) is 5.26. The van der Waals surface area contributed by atoms with Crippen LogP contribution in [-0.4, -0.2) is 46.2 Å². The zero-order valence-electron chi connectivity index (χ0n) is 15.9. The van der Waals surface area contributed by atoms with E-state index >= 15 is 0 Å². The quantitative estimate of drug-likeness (QED) is 0.645. The highest BCUT2D eigenvalue weighted by atomic mass is 35.5. The van der Waals surface area contributed by atoms with Gasteiger partial charge in [-0.3, -0.25) is 4.90 Å². The smallest absolute Gasteiger partial charge is 0.240 e. The van der Waals surface area contributed by atoms with E-state index in [9.17, 15) is 8.42 Å². The molecule has 1 aliphatic rings. The Morgan fingerprint density at radius 2 is 1.66 bits per heavy atom. The van der Waals surface area contributed by atoms with Gasteiger partial charge in [0.1, 0.15) is 0 Å². The molecule has 1 heterocycles. The van der Waals surface area contributed by atoms with Crippen LogP contribution >= 0.6 is 11.6 Å². The summed E-state index contributed by atoms with van der Waals surface area (Å²) < 4.78 is 34.0. The van der Waals surface area contributed by atoms with E-state index < -0.39 is 10.0 Å². The number of fused-ring (bicyclic) bond motifs is 1. The zero-order chi connectivity index (χ0) is 20.3. The van der Waals surface area contributed by atoms with E-state index in [1.165, 1.54) is 12.1 Å². The Labute approximate surface area is 176 Å². The van der Waals surface area contributed by atoms with E-state index in [1.807, 2.05) is 18.2 Å². The second kappa shape index (κ2) is 8.81. The predicted octanol–water partition coefficient (Wildman–Crippen LogP) is 3.85. The van der Waals surface area contributed by atoms with Crippen molar-refractivity contribution in [3.05, 3.63) is 77.3 Å². The van der Waals surface area contributed by atoms with Crippen molar-refractivity contribution in [3.63, 3.8) is 0 Å². The van der Waals surface area contributed by atoms with Crippen molar-refractivity contribution < 1.29 is 13.2 Å². The number of ether oxygens (including phenoxy) is 1. The van der Waals surface area contributed by atoms with Crippen LogP contribution in [0.4, 0.5) is 0 Å². The van der Waals surface area contributed by atoms with Gasteiger partial charge in [0.25, 0.3) is 0 Å². The number of nitrogens with zero attached hydrogens (tertiary/aromatic N) is 1. The molecule has 3 aromatic rings. The Bertz CT molecular complexity index is 1080. The van der Waals surface area contributed by atoms with E-state index in [-0.39, 0.29) is 17.5 Å². The van der Waals surface area contributed by atoms with Gasteiger partial charge >= 0.3 is 0 Å². The van der Waals surface area contributed by atoms with Crippen LogP contribution in [0.2, 0.25) is 5.02 Å². The minimum atomic E-state index is -3.64. The summed E-state index contributed by atoms with van der Waals surface area (Å²) in [6.07, 6.45) is 0. The summed E-state index contributed by atoms with van der Waals surface area (Å²) in [5, 5.41) is 2.78. The average Bonchev–Trinajstić information content (AvgIpc) is 2.75. The Kier molecular flexibility index (Phi) is 6.18. The van der Waals surface area contributed by atoms with Crippen molar-refractivity contribution in [3.8, 4) is 0 Å². The molecule has 1 saturated heterocycles. The second-order valence-electron chi connectivity index (χ2n) is 7.04. The lowest BCUT2D eigenvalue weighted by molar-refractivity contribution is 0.0175. The highest BCUT2D eigenvalue weighted by Crippen LogP contribution is 2.29.